The van der Waals surface area contributed by atoms with Gasteiger partial charge < -0.3 is 10.4 Å². The fourth-order valence-corrected chi connectivity index (χ4v) is 3.92. The van der Waals surface area contributed by atoms with Crippen molar-refractivity contribution in [3.8, 4) is 0 Å². The lowest BCUT2D eigenvalue weighted by atomic mass is 9.98. The van der Waals surface area contributed by atoms with E-state index in [1.807, 2.05) is 18.4 Å². The van der Waals surface area contributed by atoms with Gasteiger partial charge in [-0.15, -0.1) is 11.8 Å². The number of carbonyl (C=O) groups excluding carboxylic acids is 1. The van der Waals surface area contributed by atoms with Crippen molar-refractivity contribution in [2.75, 3.05) is 17.8 Å². The van der Waals surface area contributed by atoms with Gasteiger partial charge in [0.25, 0.3) is 5.91 Å². The van der Waals surface area contributed by atoms with E-state index < -0.39 is 11.5 Å². The van der Waals surface area contributed by atoms with E-state index in [1.165, 1.54) is 11.8 Å². The molecule has 1 heterocycles. The highest BCUT2D eigenvalue weighted by Crippen LogP contribution is 2.29. The van der Waals surface area contributed by atoms with E-state index in [-0.39, 0.29) is 5.91 Å². The Morgan fingerprint density at radius 1 is 1.42 bits per heavy atom. The molecule has 1 atom stereocenters. The second-order valence-electron chi connectivity index (χ2n) is 4.34. The molecule has 1 fully saturated rings. The largest absolute Gasteiger partial charge is 0.479 e. The monoisotopic (exact) mass is 297 g/mol. The quantitative estimate of drug-likeness (QED) is 0.833. The van der Waals surface area contributed by atoms with Gasteiger partial charge >= 0.3 is 5.97 Å². The van der Waals surface area contributed by atoms with Crippen molar-refractivity contribution in [1.29, 1.82) is 0 Å². The average Bonchev–Trinajstić information content (AvgIpc) is 2.88. The van der Waals surface area contributed by atoms with Crippen LogP contribution in [0.15, 0.2) is 29.2 Å². The molecule has 19 heavy (non-hydrogen) atoms. The molecule has 1 amide bonds. The predicted molar refractivity (Wildman–Crippen MR) is 78.0 cm³/mol. The third kappa shape index (κ3) is 2.90. The van der Waals surface area contributed by atoms with Crippen molar-refractivity contribution < 1.29 is 14.7 Å². The van der Waals surface area contributed by atoms with Gasteiger partial charge in [-0.2, -0.15) is 11.8 Å². The van der Waals surface area contributed by atoms with Gasteiger partial charge in [0.05, 0.1) is 5.56 Å². The summed E-state index contributed by atoms with van der Waals surface area (Å²) in [6.07, 6.45) is 2.37. The van der Waals surface area contributed by atoms with Crippen LogP contribution in [0.4, 0.5) is 0 Å². The third-order valence-corrected chi connectivity index (χ3v) is 5.12. The van der Waals surface area contributed by atoms with Crippen LogP contribution in [0.2, 0.25) is 0 Å². The number of hydrogen-bond acceptors (Lipinski definition) is 4. The number of carbonyl (C=O) groups is 2. The lowest BCUT2D eigenvalue weighted by Crippen LogP contribution is -2.54. The molecule has 0 saturated carbocycles. The van der Waals surface area contributed by atoms with E-state index in [0.29, 0.717) is 17.7 Å². The first kappa shape index (κ1) is 14.3. The summed E-state index contributed by atoms with van der Waals surface area (Å²) in [7, 11) is 0. The summed E-state index contributed by atoms with van der Waals surface area (Å²) in [5.74, 6) is -0.0750. The summed E-state index contributed by atoms with van der Waals surface area (Å²) in [5, 5.41) is 12.1. The minimum Gasteiger partial charge on any atom is -0.479 e. The molecule has 1 aliphatic heterocycles. The molecule has 4 nitrogen and oxygen atoms in total. The SMILES string of the molecule is CSc1ccccc1C(=O)NC1(C(=O)O)CCSC1. The highest BCUT2D eigenvalue weighted by molar-refractivity contribution is 7.99. The van der Waals surface area contributed by atoms with Crippen molar-refractivity contribution in [2.24, 2.45) is 0 Å². The van der Waals surface area contributed by atoms with Gasteiger partial charge in [0.1, 0.15) is 5.54 Å². The van der Waals surface area contributed by atoms with Crippen molar-refractivity contribution in [3.05, 3.63) is 29.8 Å². The van der Waals surface area contributed by atoms with Crippen LogP contribution in [0.25, 0.3) is 0 Å². The topological polar surface area (TPSA) is 66.4 Å². The number of thioether (sulfide) groups is 2. The summed E-state index contributed by atoms with van der Waals surface area (Å²) in [6, 6.07) is 7.22. The van der Waals surface area contributed by atoms with Gasteiger partial charge in [-0.05, 0) is 30.6 Å². The molecule has 1 unspecified atom stereocenters. The molecule has 1 aromatic rings. The molecule has 0 aromatic heterocycles. The minimum absolute atomic E-state index is 0.310. The first-order chi connectivity index (χ1) is 9.09. The number of hydrogen-bond donors (Lipinski definition) is 2. The van der Waals surface area contributed by atoms with E-state index in [0.717, 1.165) is 10.6 Å². The highest BCUT2D eigenvalue weighted by atomic mass is 32.2. The lowest BCUT2D eigenvalue weighted by Gasteiger charge is -2.25. The van der Waals surface area contributed by atoms with Crippen LogP contribution in [0.1, 0.15) is 16.8 Å². The van der Waals surface area contributed by atoms with Gasteiger partial charge in [0.2, 0.25) is 0 Å². The molecule has 0 radical (unpaired) electrons. The molecule has 102 valence electrons. The zero-order valence-corrected chi connectivity index (χ0v) is 12.1. The first-order valence-corrected chi connectivity index (χ1v) is 8.24. The fourth-order valence-electron chi connectivity index (χ4n) is 2.00. The number of benzene rings is 1. The molecular formula is C13H15NO3S2. The Hall–Kier alpha value is -1.14. The molecule has 1 aliphatic rings. The standard InChI is InChI=1S/C13H15NO3S2/c1-18-10-5-3-2-4-9(10)11(15)14-13(12(16)17)6-7-19-8-13/h2-5H,6-8H2,1H3,(H,14,15)(H,16,17). The van der Waals surface area contributed by atoms with Crippen LogP contribution in [-0.4, -0.2) is 40.3 Å². The maximum absolute atomic E-state index is 12.3. The molecule has 0 spiro atoms. The lowest BCUT2D eigenvalue weighted by molar-refractivity contribution is -0.143. The summed E-state index contributed by atoms with van der Waals surface area (Å²) in [5.41, 5.74) is -0.583. The molecule has 0 aliphatic carbocycles. The second-order valence-corrected chi connectivity index (χ2v) is 6.30. The fraction of sp³-hybridized carbons (Fsp3) is 0.385. The molecular weight excluding hydrogens is 282 g/mol. The normalized spacial score (nSPS) is 22.2. The number of nitrogens with one attached hydrogen (secondary N) is 1. The summed E-state index contributed by atoms with van der Waals surface area (Å²) >= 11 is 3.03. The number of rotatable bonds is 4. The molecule has 2 N–H and O–H groups in total. The Bertz CT molecular complexity index is 498. The van der Waals surface area contributed by atoms with Gasteiger partial charge in [0.15, 0.2) is 0 Å². The van der Waals surface area contributed by atoms with Crippen LogP contribution in [0.5, 0.6) is 0 Å². The van der Waals surface area contributed by atoms with E-state index in [2.05, 4.69) is 5.32 Å². The van der Waals surface area contributed by atoms with Crippen LogP contribution < -0.4 is 5.32 Å². The Kier molecular flexibility index (Phi) is 4.42. The van der Waals surface area contributed by atoms with Gasteiger partial charge in [-0.25, -0.2) is 4.79 Å². The van der Waals surface area contributed by atoms with Gasteiger partial charge in [-0.3, -0.25) is 4.79 Å². The zero-order chi connectivity index (χ0) is 13.9. The molecule has 6 heteroatoms. The van der Waals surface area contributed by atoms with Crippen molar-refractivity contribution in [2.45, 2.75) is 16.9 Å². The van der Waals surface area contributed by atoms with Crippen molar-refractivity contribution in [1.82, 2.24) is 5.32 Å². The number of carboxylic acids is 1. The predicted octanol–water partition coefficient (Wildman–Crippen LogP) is 2.10. The van der Waals surface area contributed by atoms with Crippen LogP contribution >= 0.6 is 23.5 Å². The van der Waals surface area contributed by atoms with E-state index in [9.17, 15) is 14.7 Å². The summed E-state index contributed by atoms with van der Waals surface area (Å²) in [4.78, 5) is 24.6. The smallest absolute Gasteiger partial charge is 0.330 e. The van der Waals surface area contributed by atoms with Crippen LogP contribution in [0, 0.1) is 0 Å². The molecule has 2 rings (SSSR count). The van der Waals surface area contributed by atoms with Crippen LogP contribution in [-0.2, 0) is 4.79 Å². The van der Waals surface area contributed by atoms with Gasteiger partial charge in [-0.1, -0.05) is 12.1 Å². The van der Waals surface area contributed by atoms with E-state index in [1.54, 1.807) is 23.9 Å². The number of amides is 1. The highest BCUT2D eigenvalue weighted by Gasteiger charge is 2.43. The van der Waals surface area contributed by atoms with E-state index in [4.69, 9.17) is 0 Å². The maximum Gasteiger partial charge on any atom is 0.330 e. The second kappa shape index (κ2) is 5.88. The maximum atomic E-state index is 12.3. The Balaban J connectivity index is 2.23. The minimum atomic E-state index is -1.12. The van der Waals surface area contributed by atoms with E-state index >= 15 is 0 Å². The third-order valence-electron chi connectivity index (χ3n) is 3.14. The van der Waals surface area contributed by atoms with Gasteiger partial charge in [0, 0.05) is 10.6 Å². The number of aliphatic carboxylic acids is 1. The number of carboxylic acid groups (broad SMARTS) is 1. The summed E-state index contributed by atoms with van der Waals surface area (Å²) < 4.78 is 0. The summed E-state index contributed by atoms with van der Waals surface area (Å²) in [6.45, 7) is 0. The molecule has 0 bridgehead atoms. The zero-order valence-electron chi connectivity index (χ0n) is 10.5. The van der Waals surface area contributed by atoms with Crippen molar-refractivity contribution >= 4 is 35.4 Å². The Morgan fingerprint density at radius 2 is 2.16 bits per heavy atom. The average molecular weight is 297 g/mol. The Labute approximate surface area is 120 Å². The van der Waals surface area contributed by atoms with Crippen LogP contribution in [0.3, 0.4) is 0 Å². The van der Waals surface area contributed by atoms with Crippen molar-refractivity contribution in [3.63, 3.8) is 0 Å². The molecule has 1 aromatic carbocycles. The first-order valence-electron chi connectivity index (χ1n) is 5.86. The molecule has 1 saturated heterocycles. The Morgan fingerprint density at radius 3 is 2.74 bits per heavy atom.